The zero-order valence-corrected chi connectivity index (χ0v) is 9.08. The molecule has 1 N–H and O–H groups in total. The Morgan fingerprint density at radius 2 is 2.00 bits per heavy atom. The summed E-state index contributed by atoms with van der Waals surface area (Å²) >= 11 is 0.301. The van der Waals surface area contributed by atoms with Crippen molar-refractivity contribution in [2.24, 2.45) is 0 Å². The molecule has 0 spiro atoms. The summed E-state index contributed by atoms with van der Waals surface area (Å²) in [6, 6.07) is 0.818. The molecule has 0 unspecified atom stereocenters. The third-order valence-corrected chi connectivity index (χ3v) is 3.13. The molecule has 0 amide bonds. The summed E-state index contributed by atoms with van der Waals surface area (Å²) in [7, 11) is 0. The second-order valence-electron chi connectivity index (χ2n) is 3.28. The van der Waals surface area contributed by atoms with Gasteiger partial charge >= 0.3 is 11.0 Å². The minimum atomic E-state index is -4.81. The standard InChI is InChI=1S/C8H3F3N2O4S/c9-8(10,11)3-1-4-6(5(2-3)13(16)17)18-7(14)12(4)15/h1-2,15H. The number of aromatic nitrogens is 1. The highest BCUT2D eigenvalue weighted by Gasteiger charge is 2.34. The van der Waals surface area contributed by atoms with Crippen molar-refractivity contribution in [1.82, 2.24) is 4.73 Å². The van der Waals surface area contributed by atoms with Gasteiger partial charge in [0, 0.05) is 6.07 Å². The Morgan fingerprint density at radius 1 is 1.39 bits per heavy atom. The summed E-state index contributed by atoms with van der Waals surface area (Å²) in [6.07, 6.45) is -4.81. The zero-order chi connectivity index (χ0) is 13.7. The maximum Gasteiger partial charge on any atom is 0.416 e. The molecule has 1 aromatic heterocycles. The van der Waals surface area contributed by atoms with Crippen molar-refractivity contribution in [3.8, 4) is 0 Å². The van der Waals surface area contributed by atoms with E-state index in [9.17, 15) is 33.3 Å². The largest absolute Gasteiger partial charge is 0.424 e. The smallest absolute Gasteiger partial charge is 0.416 e. The van der Waals surface area contributed by atoms with Gasteiger partial charge in [-0.25, -0.2) is 0 Å². The van der Waals surface area contributed by atoms with Crippen molar-refractivity contribution >= 4 is 27.2 Å². The number of benzene rings is 1. The first-order chi connectivity index (χ1) is 8.21. The van der Waals surface area contributed by atoms with E-state index in [4.69, 9.17) is 0 Å². The van der Waals surface area contributed by atoms with Gasteiger partial charge in [-0.15, -0.1) is 4.73 Å². The van der Waals surface area contributed by atoms with Gasteiger partial charge in [0.05, 0.1) is 10.5 Å². The molecule has 0 atom stereocenters. The molecule has 0 saturated carbocycles. The van der Waals surface area contributed by atoms with Crippen LogP contribution in [0.2, 0.25) is 0 Å². The lowest BCUT2D eigenvalue weighted by atomic mass is 10.2. The number of nitro benzene ring substituents is 1. The second-order valence-corrected chi connectivity index (χ2v) is 4.24. The van der Waals surface area contributed by atoms with Crippen LogP contribution in [0.5, 0.6) is 0 Å². The Bertz CT molecular complexity index is 703. The lowest BCUT2D eigenvalue weighted by Gasteiger charge is -2.06. The number of halogens is 3. The Kier molecular flexibility index (Phi) is 2.54. The molecule has 10 heteroatoms. The van der Waals surface area contributed by atoms with Crippen LogP contribution in [-0.2, 0) is 6.18 Å². The van der Waals surface area contributed by atoms with Gasteiger partial charge in [0.15, 0.2) is 0 Å². The summed E-state index contributed by atoms with van der Waals surface area (Å²) in [6.45, 7) is 0. The summed E-state index contributed by atoms with van der Waals surface area (Å²) in [4.78, 5) is 19.7. The third kappa shape index (κ3) is 1.79. The minimum Gasteiger partial charge on any atom is -0.424 e. The van der Waals surface area contributed by atoms with Gasteiger partial charge < -0.3 is 5.21 Å². The van der Waals surface area contributed by atoms with E-state index in [2.05, 4.69) is 0 Å². The van der Waals surface area contributed by atoms with Gasteiger partial charge in [-0.05, 0) is 6.07 Å². The molecule has 1 heterocycles. The van der Waals surface area contributed by atoms with Crippen molar-refractivity contribution in [2.45, 2.75) is 6.18 Å². The van der Waals surface area contributed by atoms with E-state index in [1.54, 1.807) is 0 Å². The van der Waals surface area contributed by atoms with Gasteiger partial charge in [0.2, 0.25) is 0 Å². The topological polar surface area (TPSA) is 85.4 Å². The van der Waals surface area contributed by atoms with Crippen LogP contribution in [0, 0.1) is 10.1 Å². The lowest BCUT2D eigenvalue weighted by molar-refractivity contribution is -0.383. The number of rotatable bonds is 1. The average Bonchev–Trinajstić information content (AvgIpc) is 2.52. The van der Waals surface area contributed by atoms with Gasteiger partial charge in [-0.3, -0.25) is 14.9 Å². The first-order valence-electron chi connectivity index (χ1n) is 4.32. The molecule has 0 aliphatic heterocycles. The fourth-order valence-corrected chi connectivity index (χ4v) is 2.24. The van der Waals surface area contributed by atoms with Crippen molar-refractivity contribution in [3.05, 3.63) is 37.5 Å². The first kappa shape index (κ1) is 12.4. The number of non-ortho nitro benzene ring substituents is 1. The summed E-state index contributed by atoms with van der Waals surface area (Å²) in [5.74, 6) is 0. The molecule has 0 bridgehead atoms. The monoisotopic (exact) mass is 280 g/mol. The van der Waals surface area contributed by atoms with Gasteiger partial charge in [0.1, 0.15) is 10.2 Å². The maximum atomic E-state index is 12.5. The average molecular weight is 280 g/mol. The van der Waals surface area contributed by atoms with Crippen LogP contribution in [0.1, 0.15) is 5.56 Å². The quantitative estimate of drug-likeness (QED) is 0.493. The number of alkyl halides is 3. The molecule has 1 aromatic carbocycles. The molecule has 6 nitrogen and oxygen atoms in total. The van der Waals surface area contributed by atoms with Crippen molar-refractivity contribution in [1.29, 1.82) is 0 Å². The van der Waals surface area contributed by atoms with Crippen LogP contribution >= 0.6 is 11.3 Å². The Hall–Kier alpha value is -2.10. The van der Waals surface area contributed by atoms with E-state index in [0.717, 1.165) is 0 Å². The van der Waals surface area contributed by atoms with Gasteiger partial charge in [-0.1, -0.05) is 11.3 Å². The molecule has 18 heavy (non-hydrogen) atoms. The van der Waals surface area contributed by atoms with E-state index in [-0.39, 0.29) is 9.43 Å². The number of hydrogen-bond donors (Lipinski definition) is 1. The predicted molar refractivity (Wildman–Crippen MR) is 54.9 cm³/mol. The number of thiazole rings is 1. The molecule has 0 aliphatic rings. The second kappa shape index (κ2) is 3.70. The molecular formula is C8H3F3N2O4S. The highest BCUT2D eigenvalue weighted by atomic mass is 32.1. The molecule has 0 fully saturated rings. The van der Waals surface area contributed by atoms with E-state index in [1.807, 2.05) is 0 Å². The highest BCUT2D eigenvalue weighted by Crippen LogP contribution is 2.36. The van der Waals surface area contributed by atoms with E-state index in [1.165, 1.54) is 0 Å². The number of fused-ring (bicyclic) bond motifs is 1. The SMILES string of the molecule is O=c1sc2c([N+](=O)[O-])cc(C(F)(F)F)cc2n1O. The van der Waals surface area contributed by atoms with Crippen LogP contribution in [0.15, 0.2) is 16.9 Å². The molecule has 0 radical (unpaired) electrons. The Morgan fingerprint density at radius 3 is 2.50 bits per heavy atom. The highest BCUT2D eigenvalue weighted by molar-refractivity contribution is 7.17. The Labute approximate surface area is 99.6 Å². The third-order valence-electron chi connectivity index (χ3n) is 2.16. The number of nitrogens with zero attached hydrogens (tertiary/aromatic N) is 2. The molecule has 2 rings (SSSR count). The molecule has 96 valence electrons. The van der Waals surface area contributed by atoms with Crippen molar-refractivity contribution in [2.75, 3.05) is 0 Å². The molecule has 0 saturated heterocycles. The predicted octanol–water partition coefficient (Wildman–Crippen LogP) is 2.23. The fraction of sp³-hybridized carbons (Fsp3) is 0.125. The molecule has 0 aliphatic carbocycles. The lowest BCUT2D eigenvalue weighted by Crippen LogP contribution is -2.10. The normalized spacial score (nSPS) is 11.9. The van der Waals surface area contributed by atoms with E-state index < -0.39 is 32.7 Å². The first-order valence-corrected chi connectivity index (χ1v) is 5.14. The summed E-state index contributed by atoms with van der Waals surface area (Å²) in [5, 5.41) is 19.9. The summed E-state index contributed by atoms with van der Waals surface area (Å²) in [5.41, 5.74) is -2.71. The molecule has 2 aromatic rings. The van der Waals surface area contributed by atoms with Crippen LogP contribution in [0.4, 0.5) is 18.9 Å². The zero-order valence-electron chi connectivity index (χ0n) is 8.26. The minimum absolute atomic E-state index is 0.0394. The van der Waals surface area contributed by atoms with Crippen LogP contribution in [-0.4, -0.2) is 14.9 Å². The molecular weight excluding hydrogens is 277 g/mol. The number of hydrogen-bond acceptors (Lipinski definition) is 5. The van der Waals surface area contributed by atoms with Crippen LogP contribution in [0.25, 0.3) is 10.2 Å². The van der Waals surface area contributed by atoms with Gasteiger partial charge in [-0.2, -0.15) is 13.2 Å². The van der Waals surface area contributed by atoms with E-state index >= 15 is 0 Å². The van der Waals surface area contributed by atoms with Gasteiger partial charge in [0.25, 0.3) is 5.69 Å². The van der Waals surface area contributed by atoms with Crippen molar-refractivity contribution < 1.29 is 23.3 Å². The Balaban J connectivity index is 2.93. The maximum absolute atomic E-state index is 12.5. The van der Waals surface area contributed by atoms with Crippen LogP contribution < -0.4 is 4.87 Å². The van der Waals surface area contributed by atoms with Crippen LogP contribution in [0.3, 0.4) is 0 Å². The number of nitro groups is 1. The van der Waals surface area contributed by atoms with Crippen molar-refractivity contribution in [3.63, 3.8) is 0 Å². The fourth-order valence-electron chi connectivity index (χ4n) is 1.39. The van der Waals surface area contributed by atoms with E-state index in [0.29, 0.717) is 23.5 Å². The summed E-state index contributed by atoms with van der Waals surface area (Å²) < 4.78 is 37.2.